The van der Waals surface area contributed by atoms with E-state index in [1.54, 1.807) is 24.3 Å². The summed E-state index contributed by atoms with van der Waals surface area (Å²) >= 11 is 0. The lowest BCUT2D eigenvalue weighted by Crippen LogP contribution is -2.18. The summed E-state index contributed by atoms with van der Waals surface area (Å²) < 4.78 is 14.7. The van der Waals surface area contributed by atoms with Gasteiger partial charge in [0, 0.05) is 5.57 Å². The molecule has 0 saturated carbocycles. The Kier molecular flexibility index (Phi) is 6.96. The molecule has 31 heavy (non-hydrogen) atoms. The summed E-state index contributed by atoms with van der Waals surface area (Å²) in [6, 6.07) is 22.2. The molecule has 0 fully saturated rings. The summed E-state index contributed by atoms with van der Waals surface area (Å²) in [5.74, 6) is -0.461. The number of hydrogen-bond donors (Lipinski definition) is 0. The van der Waals surface area contributed by atoms with Gasteiger partial charge in [-0.15, -0.1) is 0 Å². The smallest absolute Gasteiger partial charge is 0.349 e. The van der Waals surface area contributed by atoms with E-state index in [2.05, 4.69) is 6.58 Å². The summed E-state index contributed by atoms with van der Waals surface area (Å²) in [4.78, 5) is 33.5. The summed E-state index contributed by atoms with van der Waals surface area (Å²) in [7, 11) is 0. The largest absolute Gasteiger partial charge is 0.450 e. The van der Waals surface area contributed by atoms with Gasteiger partial charge < -0.3 is 14.2 Å². The van der Waals surface area contributed by atoms with E-state index in [1.807, 2.05) is 48.5 Å². The topological polar surface area (TPSA) is 78.9 Å². The Bertz CT molecular complexity index is 1080. The van der Waals surface area contributed by atoms with Crippen molar-refractivity contribution < 1.29 is 28.6 Å². The number of carbonyl (C=O) groups excluding carboxylic acids is 3. The molecule has 3 aromatic rings. The Hall–Kier alpha value is -4.19. The first-order chi connectivity index (χ1) is 15.0. The van der Waals surface area contributed by atoms with Crippen LogP contribution in [-0.4, -0.2) is 25.0 Å². The van der Waals surface area contributed by atoms with Crippen LogP contribution in [0.3, 0.4) is 0 Å². The van der Waals surface area contributed by atoms with Gasteiger partial charge in [0.15, 0.2) is 6.61 Å². The minimum absolute atomic E-state index is 0.215. The quantitative estimate of drug-likeness (QED) is 0.231. The van der Waals surface area contributed by atoms with Gasteiger partial charge in [0.1, 0.15) is 11.5 Å². The molecule has 0 heterocycles. The highest BCUT2D eigenvalue weighted by Crippen LogP contribution is 2.27. The Morgan fingerprint density at radius 3 is 1.61 bits per heavy atom. The molecule has 6 nitrogen and oxygen atoms in total. The van der Waals surface area contributed by atoms with E-state index < -0.39 is 18.5 Å². The summed E-state index contributed by atoms with van der Waals surface area (Å²) in [5.41, 5.74) is 4.19. The molecule has 0 amide bonds. The van der Waals surface area contributed by atoms with Crippen LogP contribution in [0, 0.1) is 0 Å². The first-order valence-electron chi connectivity index (χ1n) is 9.41. The molecule has 6 heteroatoms. The lowest BCUT2D eigenvalue weighted by atomic mass is 10.0. The maximum Gasteiger partial charge on any atom is 0.349 e. The molecule has 0 N–H and O–H groups in total. The second-order valence-electron chi connectivity index (χ2n) is 6.67. The fourth-order valence-electron chi connectivity index (χ4n) is 2.76. The summed E-state index contributed by atoms with van der Waals surface area (Å²) in [5, 5.41) is 0. The standard InChI is InChI=1S/C25H20O6/c1-17(2)25(28)29-15-24(27)31-23-13-9-21(10-14-23)19-5-3-18(4-6-19)20-7-11-22(12-8-20)30-16-26/h3-14,16H,1,15H2,2H3. The molecule has 3 rings (SSSR count). The van der Waals surface area contributed by atoms with Gasteiger partial charge in [0.25, 0.3) is 6.47 Å². The van der Waals surface area contributed by atoms with Crippen LogP contribution in [0.15, 0.2) is 84.9 Å². The first-order valence-corrected chi connectivity index (χ1v) is 9.41. The Balaban J connectivity index is 1.61. The lowest BCUT2D eigenvalue weighted by Gasteiger charge is -2.08. The van der Waals surface area contributed by atoms with Gasteiger partial charge in [-0.05, 0) is 53.4 Å². The van der Waals surface area contributed by atoms with Crippen LogP contribution in [0.1, 0.15) is 6.92 Å². The molecular formula is C25H20O6. The maximum atomic E-state index is 11.8. The van der Waals surface area contributed by atoms with Gasteiger partial charge in [0.05, 0.1) is 0 Å². The molecular weight excluding hydrogens is 396 g/mol. The zero-order chi connectivity index (χ0) is 22.2. The van der Waals surface area contributed by atoms with Gasteiger partial charge in [-0.3, -0.25) is 4.79 Å². The number of benzene rings is 3. The van der Waals surface area contributed by atoms with Gasteiger partial charge in [-0.25, -0.2) is 9.59 Å². The third kappa shape index (κ3) is 5.90. The molecule has 0 atom stereocenters. The molecule has 3 aromatic carbocycles. The zero-order valence-corrected chi connectivity index (χ0v) is 16.9. The van der Waals surface area contributed by atoms with Crippen molar-refractivity contribution in [1.82, 2.24) is 0 Å². The zero-order valence-electron chi connectivity index (χ0n) is 16.9. The highest BCUT2D eigenvalue weighted by Gasteiger charge is 2.10. The Morgan fingerprint density at radius 1 is 0.774 bits per heavy atom. The van der Waals surface area contributed by atoms with Crippen molar-refractivity contribution in [3.63, 3.8) is 0 Å². The fourth-order valence-corrected chi connectivity index (χ4v) is 2.76. The normalized spacial score (nSPS) is 10.1. The fraction of sp³-hybridized carbons (Fsp3) is 0.0800. The van der Waals surface area contributed by atoms with Gasteiger partial charge in [-0.2, -0.15) is 0 Å². The molecule has 0 aliphatic carbocycles. The third-order valence-corrected chi connectivity index (χ3v) is 4.35. The van der Waals surface area contributed by atoms with Crippen LogP contribution in [0.4, 0.5) is 0 Å². The lowest BCUT2D eigenvalue weighted by molar-refractivity contribution is -0.150. The van der Waals surface area contributed by atoms with Crippen LogP contribution < -0.4 is 9.47 Å². The average molecular weight is 416 g/mol. The van der Waals surface area contributed by atoms with E-state index in [4.69, 9.17) is 14.2 Å². The van der Waals surface area contributed by atoms with Gasteiger partial charge in [-0.1, -0.05) is 55.1 Å². The number of ether oxygens (including phenoxy) is 3. The van der Waals surface area contributed by atoms with Crippen LogP contribution in [-0.2, 0) is 19.1 Å². The Labute approximate surface area is 179 Å². The van der Waals surface area contributed by atoms with E-state index in [0.717, 1.165) is 22.3 Å². The first kappa shape index (κ1) is 21.5. The molecule has 0 saturated heterocycles. The molecule has 0 radical (unpaired) electrons. The van der Waals surface area contributed by atoms with Crippen molar-refractivity contribution in [2.24, 2.45) is 0 Å². The molecule has 0 spiro atoms. The molecule has 156 valence electrons. The minimum Gasteiger partial charge on any atom is -0.450 e. The molecule has 0 aliphatic heterocycles. The van der Waals surface area contributed by atoms with E-state index >= 15 is 0 Å². The van der Waals surface area contributed by atoms with E-state index in [1.165, 1.54) is 6.92 Å². The van der Waals surface area contributed by atoms with Crippen molar-refractivity contribution in [1.29, 1.82) is 0 Å². The molecule has 0 bridgehead atoms. The number of carbonyl (C=O) groups is 3. The predicted molar refractivity (Wildman–Crippen MR) is 115 cm³/mol. The Morgan fingerprint density at radius 2 is 1.19 bits per heavy atom. The highest BCUT2D eigenvalue weighted by molar-refractivity contribution is 5.88. The maximum absolute atomic E-state index is 11.8. The van der Waals surface area contributed by atoms with Crippen molar-refractivity contribution in [3.05, 3.63) is 84.9 Å². The minimum atomic E-state index is -0.670. The van der Waals surface area contributed by atoms with Crippen molar-refractivity contribution >= 4 is 18.4 Å². The highest BCUT2D eigenvalue weighted by atomic mass is 16.6. The third-order valence-electron chi connectivity index (χ3n) is 4.35. The number of esters is 2. The van der Waals surface area contributed by atoms with Crippen molar-refractivity contribution in [2.45, 2.75) is 6.92 Å². The van der Waals surface area contributed by atoms with Crippen LogP contribution in [0.2, 0.25) is 0 Å². The van der Waals surface area contributed by atoms with E-state index in [0.29, 0.717) is 18.0 Å². The van der Waals surface area contributed by atoms with Crippen LogP contribution >= 0.6 is 0 Å². The molecule has 0 aromatic heterocycles. The SMILES string of the molecule is C=C(C)C(=O)OCC(=O)Oc1ccc(-c2ccc(-c3ccc(OC=O)cc3)cc2)cc1. The van der Waals surface area contributed by atoms with Crippen LogP contribution in [0.5, 0.6) is 11.5 Å². The van der Waals surface area contributed by atoms with E-state index in [-0.39, 0.29) is 5.57 Å². The monoisotopic (exact) mass is 416 g/mol. The number of hydrogen-bond acceptors (Lipinski definition) is 6. The van der Waals surface area contributed by atoms with Crippen LogP contribution in [0.25, 0.3) is 22.3 Å². The number of rotatable bonds is 8. The van der Waals surface area contributed by atoms with Gasteiger partial charge >= 0.3 is 11.9 Å². The van der Waals surface area contributed by atoms with E-state index in [9.17, 15) is 14.4 Å². The van der Waals surface area contributed by atoms with Crippen molar-refractivity contribution in [3.8, 4) is 33.8 Å². The molecule has 0 unspecified atom stereocenters. The summed E-state index contributed by atoms with van der Waals surface area (Å²) in [6.07, 6.45) is 0. The second-order valence-corrected chi connectivity index (χ2v) is 6.67. The average Bonchev–Trinajstić information content (AvgIpc) is 2.79. The summed E-state index contributed by atoms with van der Waals surface area (Å²) in [6.45, 7) is 4.87. The van der Waals surface area contributed by atoms with Gasteiger partial charge in [0.2, 0.25) is 0 Å². The molecule has 0 aliphatic rings. The predicted octanol–water partition coefficient (Wildman–Crippen LogP) is 4.58. The second kappa shape index (κ2) is 10.0. The van der Waals surface area contributed by atoms with Crippen molar-refractivity contribution in [2.75, 3.05) is 6.61 Å².